The first-order valence-corrected chi connectivity index (χ1v) is 8.83. The highest BCUT2D eigenvalue weighted by atomic mass is 16.5. The molecule has 2 aromatic heterocycles. The average Bonchev–Trinajstić information content (AvgIpc) is 3.18. The van der Waals surface area contributed by atoms with E-state index in [1.54, 1.807) is 7.11 Å². The van der Waals surface area contributed by atoms with Crippen molar-refractivity contribution in [1.29, 1.82) is 0 Å². The van der Waals surface area contributed by atoms with Crippen LogP contribution in [0.25, 0.3) is 0 Å². The van der Waals surface area contributed by atoms with Crippen LogP contribution in [-0.2, 0) is 24.4 Å². The maximum absolute atomic E-state index is 5.85. The zero-order valence-electron chi connectivity index (χ0n) is 14.8. The zero-order chi connectivity index (χ0) is 16.7. The molecular formula is C18H26N4O2. The van der Waals surface area contributed by atoms with Gasteiger partial charge in [-0.05, 0) is 44.2 Å². The number of aromatic nitrogens is 3. The molecule has 130 valence electrons. The minimum absolute atomic E-state index is 0.324. The normalized spacial score (nSPS) is 21.2. The van der Waals surface area contributed by atoms with Crippen molar-refractivity contribution in [2.45, 2.75) is 52.2 Å². The van der Waals surface area contributed by atoms with Gasteiger partial charge in [-0.2, -0.15) is 0 Å². The number of hydrogen-bond acceptors (Lipinski definition) is 5. The van der Waals surface area contributed by atoms with E-state index in [-0.39, 0.29) is 0 Å². The SMILES string of the molecule is COCC1CN(Cc2cc(C)c(C)o2)Cc2nnn(CC3CC3)c21. The fourth-order valence-electron chi connectivity index (χ4n) is 3.67. The second-order valence-corrected chi connectivity index (χ2v) is 7.32. The van der Waals surface area contributed by atoms with E-state index in [1.807, 2.05) is 6.92 Å². The first-order valence-electron chi connectivity index (χ1n) is 8.83. The van der Waals surface area contributed by atoms with E-state index >= 15 is 0 Å². The smallest absolute Gasteiger partial charge is 0.118 e. The molecule has 2 aromatic rings. The molecule has 0 saturated heterocycles. The Labute approximate surface area is 142 Å². The molecule has 1 aliphatic carbocycles. The summed E-state index contributed by atoms with van der Waals surface area (Å²) in [7, 11) is 1.77. The maximum atomic E-state index is 5.85. The number of nitrogens with zero attached hydrogens (tertiary/aromatic N) is 4. The van der Waals surface area contributed by atoms with E-state index in [4.69, 9.17) is 9.15 Å². The van der Waals surface area contributed by atoms with Gasteiger partial charge in [-0.15, -0.1) is 5.10 Å². The minimum atomic E-state index is 0.324. The van der Waals surface area contributed by atoms with E-state index < -0.39 is 0 Å². The highest BCUT2D eigenvalue weighted by molar-refractivity contribution is 5.22. The number of rotatable bonds is 6. The molecule has 1 fully saturated rings. The van der Waals surface area contributed by atoms with Crippen molar-refractivity contribution in [2.75, 3.05) is 20.3 Å². The Balaban J connectivity index is 1.54. The third-order valence-electron chi connectivity index (χ3n) is 5.18. The van der Waals surface area contributed by atoms with Crippen molar-refractivity contribution in [3.05, 3.63) is 34.5 Å². The molecule has 2 aliphatic rings. The summed E-state index contributed by atoms with van der Waals surface area (Å²) in [6, 6.07) is 2.14. The summed E-state index contributed by atoms with van der Waals surface area (Å²) < 4.78 is 13.5. The summed E-state index contributed by atoms with van der Waals surface area (Å²) in [4.78, 5) is 2.39. The number of hydrogen-bond donors (Lipinski definition) is 0. The quantitative estimate of drug-likeness (QED) is 0.815. The van der Waals surface area contributed by atoms with Gasteiger partial charge in [-0.3, -0.25) is 4.90 Å². The highest BCUT2D eigenvalue weighted by Crippen LogP contribution is 2.34. The lowest BCUT2D eigenvalue weighted by atomic mass is 9.98. The van der Waals surface area contributed by atoms with Crippen LogP contribution in [0, 0.1) is 19.8 Å². The first-order chi connectivity index (χ1) is 11.6. The fourth-order valence-corrected chi connectivity index (χ4v) is 3.67. The van der Waals surface area contributed by atoms with Gasteiger partial charge in [-0.25, -0.2) is 4.68 Å². The van der Waals surface area contributed by atoms with Crippen LogP contribution in [0.1, 0.15) is 47.2 Å². The van der Waals surface area contributed by atoms with Gasteiger partial charge < -0.3 is 9.15 Å². The Kier molecular flexibility index (Phi) is 4.18. The molecule has 6 heteroatoms. The third-order valence-corrected chi connectivity index (χ3v) is 5.18. The Morgan fingerprint density at radius 3 is 2.83 bits per heavy atom. The standard InChI is InChI=1S/C18H26N4O2/c1-12-6-16(24-13(12)2)9-21-8-15(11-23-3)18-17(10-21)19-20-22(18)7-14-4-5-14/h6,14-15H,4-5,7-11H2,1-3H3. The fraction of sp³-hybridized carbons (Fsp3) is 0.667. The molecule has 0 bridgehead atoms. The summed E-state index contributed by atoms with van der Waals surface area (Å²) in [6.45, 7) is 8.43. The van der Waals surface area contributed by atoms with Crippen molar-refractivity contribution in [1.82, 2.24) is 19.9 Å². The minimum Gasteiger partial charge on any atom is -0.465 e. The van der Waals surface area contributed by atoms with Gasteiger partial charge in [0, 0.05) is 32.7 Å². The van der Waals surface area contributed by atoms with Crippen LogP contribution in [-0.4, -0.2) is 40.2 Å². The average molecular weight is 330 g/mol. The van der Waals surface area contributed by atoms with Gasteiger partial charge >= 0.3 is 0 Å². The predicted octanol–water partition coefficient (Wildman–Crippen LogP) is 2.64. The number of aryl methyl sites for hydroxylation is 2. The van der Waals surface area contributed by atoms with Crippen molar-refractivity contribution in [2.24, 2.45) is 5.92 Å². The molecule has 1 atom stereocenters. The number of furan rings is 1. The molecule has 6 nitrogen and oxygen atoms in total. The summed E-state index contributed by atoms with van der Waals surface area (Å²) >= 11 is 0. The molecule has 24 heavy (non-hydrogen) atoms. The monoisotopic (exact) mass is 330 g/mol. The second-order valence-electron chi connectivity index (χ2n) is 7.32. The molecule has 1 saturated carbocycles. The van der Waals surface area contributed by atoms with E-state index in [1.165, 1.54) is 24.1 Å². The van der Waals surface area contributed by atoms with E-state index in [9.17, 15) is 0 Å². The van der Waals surface area contributed by atoms with Crippen LogP contribution in [0.15, 0.2) is 10.5 Å². The summed E-state index contributed by atoms with van der Waals surface area (Å²) in [5.74, 6) is 3.15. The lowest BCUT2D eigenvalue weighted by Crippen LogP contribution is -2.36. The van der Waals surface area contributed by atoms with Crippen LogP contribution in [0.2, 0.25) is 0 Å². The van der Waals surface area contributed by atoms with Crippen molar-refractivity contribution in [3.63, 3.8) is 0 Å². The lowest BCUT2D eigenvalue weighted by Gasteiger charge is -2.31. The molecule has 0 aromatic carbocycles. The van der Waals surface area contributed by atoms with Crippen molar-refractivity contribution >= 4 is 0 Å². The largest absolute Gasteiger partial charge is 0.465 e. The van der Waals surface area contributed by atoms with E-state index in [0.717, 1.165) is 49.3 Å². The Morgan fingerprint density at radius 2 is 2.17 bits per heavy atom. The lowest BCUT2D eigenvalue weighted by molar-refractivity contribution is 0.127. The van der Waals surface area contributed by atoms with Crippen molar-refractivity contribution < 1.29 is 9.15 Å². The third kappa shape index (κ3) is 3.13. The summed E-state index contributed by atoms with van der Waals surface area (Å²) in [5.41, 5.74) is 3.60. The second kappa shape index (κ2) is 6.33. The van der Waals surface area contributed by atoms with Gasteiger partial charge in [0.25, 0.3) is 0 Å². The maximum Gasteiger partial charge on any atom is 0.118 e. The molecule has 0 spiro atoms. The first kappa shape index (κ1) is 15.8. The van der Waals surface area contributed by atoms with Crippen LogP contribution in [0.5, 0.6) is 0 Å². The summed E-state index contributed by atoms with van der Waals surface area (Å²) in [5, 5.41) is 8.90. The molecule has 4 rings (SSSR count). The van der Waals surface area contributed by atoms with Gasteiger partial charge in [0.1, 0.15) is 17.2 Å². The highest BCUT2D eigenvalue weighted by Gasteiger charge is 2.33. The van der Waals surface area contributed by atoms with Crippen LogP contribution >= 0.6 is 0 Å². The molecule has 3 heterocycles. The van der Waals surface area contributed by atoms with Crippen LogP contribution in [0.3, 0.4) is 0 Å². The number of methoxy groups -OCH3 is 1. The van der Waals surface area contributed by atoms with Crippen molar-refractivity contribution in [3.8, 4) is 0 Å². The van der Waals surface area contributed by atoms with E-state index in [2.05, 4.69) is 32.9 Å². The van der Waals surface area contributed by atoms with Gasteiger partial charge in [-0.1, -0.05) is 5.21 Å². The molecule has 0 amide bonds. The number of ether oxygens (including phenoxy) is 1. The van der Waals surface area contributed by atoms with E-state index in [0.29, 0.717) is 12.5 Å². The van der Waals surface area contributed by atoms with Crippen LogP contribution in [0.4, 0.5) is 0 Å². The number of fused-ring (bicyclic) bond motifs is 1. The van der Waals surface area contributed by atoms with Gasteiger partial charge in [0.05, 0.1) is 18.8 Å². The summed E-state index contributed by atoms with van der Waals surface area (Å²) in [6.07, 6.45) is 2.65. The van der Waals surface area contributed by atoms with Gasteiger partial charge in [0.15, 0.2) is 0 Å². The Bertz CT molecular complexity index is 697. The zero-order valence-corrected chi connectivity index (χ0v) is 14.8. The molecule has 1 unspecified atom stereocenters. The van der Waals surface area contributed by atoms with Gasteiger partial charge in [0.2, 0.25) is 0 Å². The molecule has 0 N–H and O–H groups in total. The predicted molar refractivity (Wildman–Crippen MR) is 89.7 cm³/mol. The Morgan fingerprint density at radius 1 is 1.33 bits per heavy atom. The molecular weight excluding hydrogens is 304 g/mol. The topological polar surface area (TPSA) is 56.3 Å². The van der Waals surface area contributed by atoms with Crippen LogP contribution < -0.4 is 0 Å². The Hall–Kier alpha value is -1.66. The molecule has 1 aliphatic heterocycles. The molecule has 0 radical (unpaired) electrons.